The van der Waals surface area contributed by atoms with E-state index in [0.717, 1.165) is 11.3 Å². The second kappa shape index (κ2) is 7.45. The van der Waals surface area contributed by atoms with Crippen LogP contribution < -0.4 is 10.7 Å². The van der Waals surface area contributed by atoms with Crippen LogP contribution in [0.1, 0.15) is 24.0 Å². The normalized spacial score (nSPS) is 14.1. The summed E-state index contributed by atoms with van der Waals surface area (Å²) in [5, 5.41) is 4.20. The van der Waals surface area contributed by atoms with Crippen LogP contribution >= 0.6 is 0 Å². The van der Waals surface area contributed by atoms with E-state index in [9.17, 15) is 9.59 Å². The largest absolute Gasteiger partial charge is 0.353 e. The van der Waals surface area contributed by atoms with Gasteiger partial charge in [-0.05, 0) is 18.6 Å². The third kappa shape index (κ3) is 4.22. The molecule has 0 aliphatic carbocycles. The monoisotopic (exact) mass is 299 g/mol. The van der Waals surface area contributed by atoms with Gasteiger partial charge in [0.2, 0.25) is 11.8 Å². The molecule has 5 heteroatoms. The van der Waals surface area contributed by atoms with Crippen molar-refractivity contribution in [2.75, 3.05) is 13.1 Å². The van der Waals surface area contributed by atoms with E-state index in [1.54, 1.807) is 6.08 Å². The van der Waals surface area contributed by atoms with Crippen molar-refractivity contribution in [3.8, 4) is 0 Å². The predicted octanol–water partition coefficient (Wildman–Crippen LogP) is 1.77. The minimum Gasteiger partial charge on any atom is -0.353 e. The summed E-state index contributed by atoms with van der Waals surface area (Å²) < 4.78 is 0. The number of hydrogen-bond acceptors (Lipinski definition) is 3. The number of benzene rings is 1. The Kier molecular flexibility index (Phi) is 5.36. The van der Waals surface area contributed by atoms with Gasteiger partial charge in [-0.15, -0.1) is 6.58 Å². The molecule has 1 heterocycles. The molecule has 1 aliphatic heterocycles. The summed E-state index contributed by atoms with van der Waals surface area (Å²) in [5.41, 5.74) is 6.20. The van der Waals surface area contributed by atoms with Crippen LogP contribution in [0.4, 0.5) is 0 Å². The van der Waals surface area contributed by atoms with E-state index in [-0.39, 0.29) is 18.2 Å². The van der Waals surface area contributed by atoms with Crippen molar-refractivity contribution in [2.24, 2.45) is 0 Å². The van der Waals surface area contributed by atoms with E-state index in [2.05, 4.69) is 17.3 Å². The summed E-state index contributed by atoms with van der Waals surface area (Å²) >= 11 is 0. The van der Waals surface area contributed by atoms with Gasteiger partial charge in [0, 0.05) is 19.4 Å². The van der Waals surface area contributed by atoms with Gasteiger partial charge < -0.3 is 5.32 Å². The van der Waals surface area contributed by atoms with Crippen molar-refractivity contribution in [3.63, 3.8) is 0 Å². The van der Waals surface area contributed by atoms with Crippen LogP contribution in [0, 0.1) is 6.92 Å². The topological polar surface area (TPSA) is 61.4 Å². The fourth-order valence-electron chi connectivity index (χ4n) is 2.14. The van der Waals surface area contributed by atoms with Gasteiger partial charge in [-0.25, -0.2) is 0 Å². The van der Waals surface area contributed by atoms with Crippen molar-refractivity contribution in [1.82, 2.24) is 15.8 Å². The first-order valence-corrected chi connectivity index (χ1v) is 7.32. The third-order valence-electron chi connectivity index (χ3n) is 3.41. The average Bonchev–Trinajstić information content (AvgIpc) is 2.53. The zero-order valence-electron chi connectivity index (χ0n) is 12.8. The average molecular weight is 299 g/mol. The van der Waals surface area contributed by atoms with Gasteiger partial charge in [-0.3, -0.25) is 20.0 Å². The molecule has 0 saturated carbocycles. The van der Waals surface area contributed by atoms with Gasteiger partial charge in [-0.1, -0.05) is 35.9 Å². The molecule has 0 bridgehead atoms. The Morgan fingerprint density at radius 2 is 2.14 bits per heavy atom. The predicted molar refractivity (Wildman–Crippen MR) is 86.4 cm³/mol. The van der Waals surface area contributed by atoms with Crippen LogP contribution in [0.5, 0.6) is 0 Å². The maximum atomic E-state index is 11.9. The summed E-state index contributed by atoms with van der Waals surface area (Å²) in [6.45, 7) is 6.35. The second-order valence-electron chi connectivity index (χ2n) is 5.19. The van der Waals surface area contributed by atoms with Crippen molar-refractivity contribution in [2.45, 2.75) is 19.8 Å². The fourth-order valence-corrected chi connectivity index (χ4v) is 2.14. The zero-order chi connectivity index (χ0) is 15.9. The number of hydrazine groups is 1. The summed E-state index contributed by atoms with van der Waals surface area (Å²) in [5.74, 6) is -0.131. The first kappa shape index (κ1) is 15.8. The van der Waals surface area contributed by atoms with Gasteiger partial charge >= 0.3 is 0 Å². The molecule has 5 nitrogen and oxygen atoms in total. The molecule has 0 atom stereocenters. The molecular weight excluding hydrogens is 278 g/mol. The highest BCUT2D eigenvalue weighted by molar-refractivity contribution is 5.84. The Morgan fingerprint density at radius 1 is 1.41 bits per heavy atom. The Bertz CT molecular complexity index is 590. The minimum atomic E-state index is -0.0964. The standard InChI is InChI=1S/C17H21N3O2/c1-3-11-18-16(21)10-12-20-17(22)9-8-15(19-20)14-6-4-13(2)5-7-14/h3-8,19H,1,9-12H2,2H3,(H,18,21). The molecular formula is C17H21N3O2. The number of carbonyl (C=O) groups excluding carboxylic acids is 2. The molecule has 1 aromatic carbocycles. The summed E-state index contributed by atoms with van der Waals surface area (Å²) in [4.78, 5) is 23.5. The van der Waals surface area contributed by atoms with Crippen molar-refractivity contribution >= 4 is 17.5 Å². The minimum absolute atomic E-state index is 0.0348. The Morgan fingerprint density at radius 3 is 2.82 bits per heavy atom. The lowest BCUT2D eigenvalue weighted by atomic mass is 10.1. The van der Waals surface area contributed by atoms with E-state index < -0.39 is 0 Å². The van der Waals surface area contributed by atoms with Crippen LogP contribution in [0.25, 0.3) is 5.70 Å². The van der Waals surface area contributed by atoms with Crippen molar-refractivity contribution in [1.29, 1.82) is 0 Å². The van der Waals surface area contributed by atoms with E-state index in [0.29, 0.717) is 19.5 Å². The van der Waals surface area contributed by atoms with Gasteiger partial charge in [-0.2, -0.15) is 0 Å². The van der Waals surface area contributed by atoms with E-state index in [1.165, 1.54) is 10.6 Å². The van der Waals surface area contributed by atoms with E-state index in [4.69, 9.17) is 0 Å². The van der Waals surface area contributed by atoms with Gasteiger partial charge in [0.05, 0.1) is 12.2 Å². The van der Waals surface area contributed by atoms with E-state index >= 15 is 0 Å². The first-order chi connectivity index (χ1) is 10.6. The molecule has 2 amide bonds. The highest BCUT2D eigenvalue weighted by Crippen LogP contribution is 2.17. The first-order valence-electron chi connectivity index (χ1n) is 7.32. The molecule has 116 valence electrons. The number of nitrogens with one attached hydrogen (secondary N) is 2. The molecule has 0 fully saturated rings. The molecule has 0 saturated heterocycles. The molecule has 0 aromatic heterocycles. The number of hydrogen-bond donors (Lipinski definition) is 2. The summed E-state index contributed by atoms with van der Waals surface area (Å²) in [6.07, 6.45) is 4.10. The molecule has 0 radical (unpaired) electrons. The Balaban J connectivity index is 1.95. The van der Waals surface area contributed by atoms with Crippen LogP contribution in [0.3, 0.4) is 0 Å². The second-order valence-corrected chi connectivity index (χ2v) is 5.19. The molecule has 0 spiro atoms. The molecule has 2 rings (SSSR count). The van der Waals surface area contributed by atoms with Crippen molar-refractivity contribution in [3.05, 3.63) is 54.1 Å². The summed E-state index contributed by atoms with van der Waals surface area (Å²) in [6, 6.07) is 8.08. The molecule has 1 aromatic rings. The van der Waals surface area contributed by atoms with Crippen LogP contribution in [-0.4, -0.2) is 29.9 Å². The number of rotatable bonds is 6. The van der Waals surface area contributed by atoms with Crippen LogP contribution in [0.15, 0.2) is 43.0 Å². The number of amides is 2. The van der Waals surface area contributed by atoms with E-state index in [1.807, 2.05) is 37.3 Å². The SMILES string of the molecule is C=CCNC(=O)CCN1NC(c2ccc(C)cc2)=CCC1=O. The number of carbonyl (C=O) groups is 2. The van der Waals surface area contributed by atoms with Crippen molar-refractivity contribution < 1.29 is 9.59 Å². The molecule has 0 unspecified atom stereocenters. The smallest absolute Gasteiger partial charge is 0.244 e. The third-order valence-corrected chi connectivity index (χ3v) is 3.41. The van der Waals surface area contributed by atoms with Crippen LogP contribution in [-0.2, 0) is 9.59 Å². The number of aryl methyl sites for hydroxylation is 1. The maximum Gasteiger partial charge on any atom is 0.244 e. The Labute approximate surface area is 130 Å². The zero-order valence-corrected chi connectivity index (χ0v) is 12.8. The number of nitrogens with zero attached hydrogens (tertiary/aromatic N) is 1. The van der Waals surface area contributed by atoms with Crippen LogP contribution in [0.2, 0.25) is 0 Å². The highest BCUT2D eigenvalue weighted by Gasteiger charge is 2.20. The lowest BCUT2D eigenvalue weighted by molar-refractivity contribution is -0.133. The fraction of sp³-hybridized carbons (Fsp3) is 0.294. The molecule has 22 heavy (non-hydrogen) atoms. The summed E-state index contributed by atoms with van der Waals surface area (Å²) in [7, 11) is 0. The van der Waals surface area contributed by atoms with Gasteiger partial charge in [0.25, 0.3) is 0 Å². The molecule has 2 N–H and O–H groups in total. The lowest BCUT2D eigenvalue weighted by Gasteiger charge is -2.29. The lowest BCUT2D eigenvalue weighted by Crippen LogP contribution is -2.45. The van der Waals surface area contributed by atoms with Gasteiger partial charge in [0.15, 0.2) is 0 Å². The van der Waals surface area contributed by atoms with Gasteiger partial charge in [0.1, 0.15) is 0 Å². The molecule has 1 aliphatic rings. The quantitative estimate of drug-likeness (QED) is 0.787. The highest BCUT2D eigenvalue weighted by atomic mass is 16.2. The maximum absolute atomic E-state index is 11.9. The Hall–Kier alpha value is -2.56.